The van der Waals surface area contributed by atoms with E-state index in [0.29, 0.717) is 12.8 Å². The largest absolute Gasteiger partial charge is 0.252 e. The van der Waals surface area contributed by atoms with Crippen LogP contribution in [0.2, 0.25) is 0 Å². The third kappa shape index (κ3) is 1.35. The summed E-state index contributed by atoms with van der Waals surface area (Å²) in [6.07, 6.45) is -0.541. The fourth-order valence-electron chi connectivity index (χ4n) is 3.80. The van der Waals surface area contributed by atoms with Gasteiger partial charge in [0.2, 0.25) is 5.67 Å². The number of halogens is 6. The zero-order chi connectivity index (χ0) is 14.7. The molecular formula is C14H14F6. The van der Waals surface area contributed by atoms with Crippen LogP contribution in [0.5, 0.6) is 0 Å². The van der Waals surface area contributed by atoms with Crippen molar-refractivity contribution >= 4 is 0 Å². The minimum Gasteiger partial charge on any atom is -0.236 e. The highest BCUT2D eigenvalue weighted by Gasteiger charge is 2.78. The van der Waals surface area contributed by atoms with E-state index >= 15 is 0 Å². The molecule has 1 fully saturated rings. The number of fused-ring (bicyclic) bond motifs is 3. The molecule has 0 bridgehead atoms. The molecule has 6 heteroatoms. The number of rotatable bonds is 0. The molecule has 0 nitrogen and oxygen atoms in total. The molecule has 0 radical (unpaired) electrons. The fraction of sp³-hybridized carbons (Fsp3) is 0.714. The van der Waals surface area contributed by atoms with Crippen molar-refractivity contribution in [2.24, 2.45) is 5.92 Å². The highest BCUT2D eigenvalue weighted by atomic mass is 19.2. The summed E-state index contributed by atoms with van der Waals surface area (Å²) in [4.78, 5) is 0. The Balaban J connectivity index is 2.16. The van der Waals surface area contributed by atoms with Gasteiger partial charge in [0.25, 0.3) is 5.67 Å². The molecule has 3 rings (SSSR count). The van der Waals surface area contributed by atoms with Crippen molar-refractivity contribution in [3.8, 4) is 0 Å². The van der Waals surface area contributed by atoms with E-state index in [1.165, 1.54) is 0 Å². The Labute approximate surface area is 112 Å². The van der Waals surface area contributed by atoms with Crippen molar-refractivity contribution in [3.63, 3.8) is 0 Å². The summed E-state index contributed by atoms with van der Waals surface area (Å²) < 4.78 is 84.5. The second-order valence-corrected chi connectivity index (χ2v) is 5.80. The van der Waals surface area contributed by atoms with Crippen molar-refractivity contribution in [2.75, 3.05) is 0 Å². The number of hydrogen-bond donors (Lipinski definition) is 0. The maximum atomic E-state index is 14.9. The van der Waals surface area contributed by atoms with Crippen LogP contribution in [0.25, 0.3) is 0 Å². The molecule has 1 saturated carbocycles. The van der Waals surface area contributed by atoms with E-state index in [1.807, 2.05) is 0 Å². The van der Waals surface area contributed by atoms with Crippen LogP contribution in [-0.4, -0.2) is 17.5 Å². The maximum absolute atomic E-state index is 14.9. The van der Waals surface area contributed by atoms with Crippen molar-refractivity contribution < 1.29 is 26.3 Å². The van der Waals surface area contributed by atoms with Gasteiger partial charge in [-0.15, -0.1) is 0 Å². The highest BCUT2D eigenvalue weighted by molar-refractivity contribution is 5.52. The molecule has 0 amide bonds. The van der Waals surface area contributed by atoms with E-state index in [4.69, 9.17) is 0 Å². The Kier molecular flexibility index (Phi) is 3.00. The number of allylic oxidation sites excluding steroid dienone is 4. The summed E-state index contributed by atoms with van der Waals surface area (Å²) in [5.41, 5.74) is -7.64. The SMILES string of the molecule is FC1=C(F)[C@]2(F)C(F)=C3CCCCCC[C@H]3[C@]2(F)[C@H]1F. The van der Waals surface area contributed by atoms with Crippen molar-refractivity contribution in [1.82, 2.24) is 0 Å². The van der Waals surface area contributed by atoms with Gasteiger partial charge >= 0.3 is 0 Å². The molecule has 0 aromatic rings. The quantitative estimate of drug-likeness (QED) is 0.545. The van der Waals surface area contributed by atoms with E-state index in [1.54, 1.807) is 0 Å². The molecule has 0 spiro atoms. The Morgan fingerprint density at radius 3 is 2.25 bits per heavy atom. The molecule has 0 saturated heterocycles. The molecule has 4 atom stereocenters. The lowest BCUT2D eigenvalue weighted by Gasteiger charge is -2.34. The Hall–Kier alpha value is -0.940. The van der Waals surface area contributed by atoms with E-state index in [0.717, 1.165) is 12.8 Å². The van der Waals surface area contributed by atoms with Gasteiger partial charge < -0.3 is 0 Å². The van der Waals surface area contributed by atoms with Crippen LogP contribution in [0.1, 0.15) is 38.5 Å². The van der Waals surface area contributed by atoms with E-state index < -0.39 is 40.9 Å². The number of hydrogen-bond acceptors (Lipinski definition) is 0. The van der Waals surface area contributed by atoms with Gasteiger partial charge in [-0.2, -0.15) is 0 Å². The first-order valence-electron chi connectivity index (χ1n) is 6.83. The van der Waals surface area contributed by atoms with Gasteiger partial charge in [0, 0.05) is 5.92 Å². The Bertz CT molecular complexity index is 510. The topological polar surface area (TPSA) is 0 Å². The average Bonchev–Trinajstić information content (AvgIpc) is 2.63. The van der Waals surface area contributed by atoms with Crippen LogP contribution < -0.4 is 0 Å². The Morgan fingerprint density at radius 1 is 0.900 bits per heavy atom. The molecule has 0 unspecified atom stereocenters. The summed E-state index contributed by atoms with van der Waals surface area (Å²) in [5, 5.41) is 0. The van der Waals surface area contributed by atoms with Gasteiger partial charge in [-0.05, 0) is 24.8 Å². The van der Waals surface area contributed by atoms with Crippen LogP contribution in [0, 0.1) is 5.92 Å². The third-order valence-electron chi connectivity index (χ3n) is 4.83. The molecule has 0 aliphatic heterocycles. The monoisotopic (exact) mass is 296 g/mol. The minimum atomic E-state index is -3.92. The minimum absolute atomic E-state index is 0.00586. The maximum Gasteiger partial charge on any atom is 0.252 e. The van der Waals surface area contributed by atoms with E-state index in [-0.39, 0.29) is 18.4 Å². The van der Waals surface area contributed by atoms with Crippen LogP contribution in [0.4, 0.5) is 26.3 Å². The molecule has 0 N–H and O–H groups in total. The lowest BCUT2D eigenvalue weighted by molar-refractivity contribution is -0.0577. The Morgan fingerprint density at radius 2 is 1.55 bits per heavy atom. The first-order valence-corrected chi connectivity index (χ1v) is 6.83. The van der Waals surface area contributed by atoms with E-state index in [9.17, 15) is 26.3 Å². The lowest BCUT2D eigenvalue weighted by Crippen LogP contribution is -2.51. The molecule has 3 aliphatic carbocycles. The van der Waals surface area contributed by atoms with Gasteiger partial charge in [-0.25, -0.2) is 26.3 Å². The van der Waals surface area contributed by atoms with Crippen LogP contribution >= 0.6 is 0 Å². The summed E-state index contributed by atoms with van der Waals surface area (Å²) in [6.45, 7) is 0. The second-order valence-electron chi connectivity index (χ2n) is 5.80. The fourth-order valence-corrected chi connectivity index (χ4v) is 3.80. The van der Waals surface area contributed by atoms with Crippen molar-refractivity contribution in [3.05, 3.63) is 23.1 Å². The van der Waals surface area contributed by atoms with Gasteiger partial charge in [-0.1, -0.05) is 19.3 Å². The van der Waals surface area contributed by atoms with Gasteiger partial charge in [0.15, 0.2) is 17.8 Å². The zero-order valence-corrected chi connectivity index (χ0v) is 10.7. The van der Waals surface area contributed by atoms with Crippen molar-refractivity contribution in [2.45, 2.75) is 56.0 Å². The summed E-state index contributed by atoms with van der Waals surface area (Å²) in [5.74, 6) is -7.50. The zero-order valence-electron chi connectivity index (χ0n) is 10.7. The molecular weight excluding hydrogens is 282 g/mol. The lowest BCUT2D eigenvalue weighted by atomic mass is 9.76. The van der Waals surface area contributed by atoms with Crippen molar-refractivity contribution in [1.29, 1.82) is 0 Å². The molecule has 0 aromatic heterocycles. The third-order valence-corrected chi connectivity index (χ3v) is 4.83. The van der Waals surface area contributed by atoms with Crippen LogP contribution in [-0.2, 0) is 0 Å². The smallest absolute Gasteiger partial charge is 0.236 e. The standard InChI is InChI=1S/C14H14F6/c15-9-11(17)13(19)8-6-4-2-1-3-5-7(8)10(16)14(13,20)12(9)18/h8,11H,1-6H2/t8-,11+,13+,14-/m1/s1. The highest BCUT2D eigenvalue weighted by Crippen LogP contribution is 2.66. The van der Waals surface area contributed by atoms with Gasteiger partial charge in [0.05, 0.1) is 0 Å². The van der Waals surface area contributed by atoms with Gasteiger partial charge in [-0.3, -0.25) is 0 Å². The first-order chi connectivity index (χ1) is 9.36. The van der Waals surface area contributed by atoms with Crippen LogP contribution in [0.15, 0.2) is 23.1 Å². The van der Waals surface area contributed by atoms with Crippen LogP contribution in [0.3, 0.4) is 0 Å². The summed E-state index contributed by atoms with van der Waals surface area (Å²) in [6, 6.07) is 0. The molecule has 20 heavy (non-hydrogen) atoms. The van der Waals surface area contributed by atoms with Gasteiger partial charge in [0.1, 0.15) is 5.83 Å². The molecule has 0 aromatic carbocycles. The summed E-state index contributed by atoms with van der Waals surface area (Å²) >= 11 is 0. The number of alkyl halides is 3. The average molecular weight is 296 g/mol. The molecule has 112 valence electrons. The normalized spacial score (nSPS) is 45.3. The molecule has 3 aliphatic rings. The van der Waals surface area contributed by atoms with E-state index in [2.05, 4.69) is 0 Å². The molecule has 0 heterocycles. The first kappa shape index (κ1) is 14.0. The predicted octanol–water partition coefficient (Wildman–Crippen LogP) is 5.11. The second kappa shape index (κ2) is 4.28. The predicted molar refractivity (Wildman–Crippen MR) is 61.1 cm³/mol. The summed E-state index contributed by atoms with van der Waals surface area (Å²) in [7, 11) is 0.